The Kier molecular flexibility index (Phi) is 4.70. The van der Waals surface area contributed by atoms with E-state index in [4.69, 9.17) is 21.6 Å². The highest BCUT2D eigenvalue weighted by atomic mass is 35.5. The van der Waals surface area contributed by atoms with E-state index in [1.807, 2.05) is 24.3 Å². The molecule has 1 aliphatic rings. The van der Waals surface area contributed by atoms with Crippen molar-refractivity contribution in [2.75, 3.05) is 19.0 Å². The van der Waals surface area contributed by atoms with Crippen LogP contribution in [0.15, 0.2) is 36.4 Å². The van der Waals surface area contributed by atoms with Gasteiger partial charge < -0.3 is 10.1 Å². The number of anilines is 1. The standard InChI is InChI=1S/C18H16ClN3O2/c1-24-16-5-3-12(8-13(16)10-20)18(23)22-14-4-2-11-6-7-21-17(19)15(11)9-14/h2-5,8-9,17,21H,6-7H2,1H3,(H,22,23)/t17-/m1/s1. The molecular formula is C18H16ClN3O2. The van der Waals surface area contributed by atoms with Gasteiger partial charge in [-0.05, 0) is 47.9 Å². The molecule has 0 aromatic heterocycles. The Bertz CT molecular complexity index is 829. The Hall–Kier alpha value is -2.55. The van der Waals surface area contributed by atoms with Gasteiger partial charge in [0.2, 0.25) is 0 Å². The zero-order valence-corrected chi connectivity index (χ0v) is 13.9. The van der Waals surface area contributed by atoms with Crippen LogP contribution in [0.4, 0.5) is 5.69 Å². The summed E-state index contributed by atoms with van der Waals surface area (Å²) < 4.78 is 5.09. The molecule has 1 heterocycles. The Morgan fingerprint density at radius 3 is 2.96 bits per heavy atom. The highest BCUT2D eigenvalue weighted by Crippen LogP contribution is 2.28. The zero-order chi connectivity index (χ0) is 17.1. The van der Waals surface area contributed by atoms with Crippen LogP contribution in [0.1, 0.15) is 32.5 Å². The fourth-order valence-corrected chi connectivity index (χ4v) is 3.03. The predicted octanol–water partition coefficient (Wildman–Crippen LogP) is 3.20. The molecule has 0 saturated heterocycles. The minimum Gasteiger partial charge on any atom is -0.495 e. The molecule has 0 spiro atoms. The molecule has 3 rings (SSSR count). The van der Waals surface area contributed by atoms with Gasteiger partial charge in [-0.25, -0.2) is 0 Å². The molecule has 2 N–H and O–H groups in total. The number of alkyl halides is 1. The van der Waals surface area contributed by atoms with E-state index in [0.29, 0.717) is 22.6 Å². The summed E-state index contributed by atoms with van der Waals surface area (Å²) in [6.45, 7) is 0.843. The van der Waals surface area contributed by atoms with Crippen molar-refractivity contribution < 1.29 is 9.53 Å². The molecule has 0 unspecified atom stereocenters. The average molecular weight is 342 g/mol. The van der Waals surface area contributed by atoms with Gasteiger partial charge in [-0.2, -0.15) is 5.26 Å². The van der Waals surface area contributed by atoms with E-state index in [-0.39, 0.29) is 11.4 Å². The molecule has 0 radical (unpaired) electrons. The topological polar surface area (TPSA) is 74.2 Å². The number of hydrogen-bond acceptors (Lipinski definition) is 4. The maximum Gasteiger partial charge on any atom is 0.255 e. The molecule has 122 valence electrons. The van der Waals surface area contributed by atoms with E-state index in [2.05, 4.69) is 10.6 Å². The monoisotopic (exact) mass is 341 g/mol. The molecule has 6 heteroatoms. The van der Waals surface area contributed by atoms with E-state index in [0.717, 1.165) is 18.5 Å². The van der Waals surface area contributed by atoms with Crippen LogP contribution in [0, 0.1) is 11.3 Å². The summed E-state index contributed by atoms with van der Waals surface area (Å²) >= 11 is 6.27. The van der Waals surface area contributed by atoms with Crippen molar-refractivity contribution in [3.8, 4) is 11.8 Å². The third kappa shape index (κ3) is 3.21. The summed E-state index contributed by atoms with van der Waals surface area (Å²) in [6.07, 6.45) is 0.913. The highest BCUT2D eigenvalue weighted by Gasteiger charge is 2.18. The first kappa shape index (κ1) is 16.3. The SMILES string of the molecule is COc1ccc(C(=O)Nc2ccc3c(c2)[C@H](Cl)NCC3)cc1C#N. The first-order valence-electron chi connectivity index (χ1n) is 7.52. The number of halogens is 1. The van der Waals surface area contributed by atoms with Crippen molar-refractivity contribution in [1.29, 1.82) is 5.26 Å². The number of methoxy groups -OCH3 is 1. The van der Waals surface area contributed by atoms with Crippen LogP contribution < -0.4 is 15.4 Å². The Balaban J connectivity index is 1.83. The van der Waals surface area contributed by atoms with Crippen molar-refractivity contribution >= 4 is 23.2 Å². The maximum atomic E-state index is 12.4. The Labute approximate surface area is 145 Å². The lowest BCUT2D eigenvalue weighted by molar-refractivity contribution is 0.102. The van der Waals surface area contributed by atoms with Crippen LogP contribution in [0.2, 0.25) is 0 Å². The second kappa shape index (κ2) is 6.91. The second-order valence-electron chi connectivity index (χ2n) is 5.46. The van der Waals surface area contributed by atoms with E-state index in [1.165, 1.54) is 18.7 Å². The quantitative estimate of drug-likeness (QED) is 0.664. The maximum absolute atomic E-state index is 12.4. The summed E-state index contributed by atoms with van der Waals surface area (Å²) in [5, 5.41) is 15.1. The van der Waals surface area contributed by atoms with Crippen LogP contribution in [-0.2, 0) is 6.42 Å². The minimum atomic E-state index is -0.288. The molecule has 5 nitrogen and oxygen atoms in total. The van der Waals surface area contributed by atoms with E-state index in [9.17, 15) is 4.79 Å². The molecule has 0 saturated carbocycles. The molecule has 1 atom stereocenters. The lowest BCUT2D eigenvalue weighted by atomic mass is 10.00. The first-order valence-corrected chi connectivity index (χ1v) is 7.96. The van der Waals surface area contributed by atoms with Crippen LogP contribution >= 0.6 is 11.6 Å². The number of carbonyl (C=O) groups excluding carboxylic acids is 1. The van der Waals surface area contributed by atoms with E-state index in [1.54, 1.807) is 12.1 Å². The van der Waals surface area contributed by atoms with Crippen LogP contribution in [0.3, 0.4) is 0 Å². The summed E-state index contributed by atoms with van der Waals surface area (Å²) in [6, 6.07) is 12.5. The fraction of sp³-hybridized carbons (Fsp3) is 0.222. The van der Waals surface area contributed by atoms with Gasteiger partial charge >= 0.3 is 0 Å². The number of amides is 1. The first-order chi connectivity index (χ1) is 11.6. The predicted molar refractivity (Wildman–Crippen MR) is 92.4 cm³/mol. The Morgan fingerprint density at radius 1 is 1.38 bits per heavy atom. The van der Waals surface area contributed by atoms with Gasteiger partial charge in [-0.1, -0.05) is 6.07 Å². The van der Waals surface area contributed by atoms with Gasteiger partial charge in [0.15, 0.2) is 0 Å². The van der Waals surface area contributed by atoms with Crippen molar-refractivity contribution in [2.45, 2.75) is 11.9 Å². The van der Waals surface area contributed by atoms with Crippen LogP contribution in [-0.4, -0.2) is 19.6 Å². The van der Waals surface area contributed by atoms with Gasteiger partial charge in [0.25, 0.3) is 5.91 Å². The molecule has 24 heavy (non-hydrogen) atoms. The molecule has 0 fully saturated rings. The number of nitrogens with one attached hydrogen (secondary N) is 2. The van der Waals surface area contributed by atoms with E-state index < -0.39 is 0 Å². The van der Waals surface area contributed by atoms with Crippen LogP contribution in [0.5, 0.6) is 5.75 Å². The summed E-state index contributed by atoms with van der Waals surface area (Å²) in [7, 11) is 1.49. The normalized spacial score (nSPS) is 16.0. The number of benzene rings is 2. The molecule has 1 amide bonds. The van der Waals surface area contributed by atoms with Crippen molar-refractivity contribution in [1.82, 2.24) is 5.32 Å². The summed E-state index contributed by atoms with van der Waals surface area (Å²) in [5.41, 5.74) is 3.29. The van der Waals surface area contributed by atoms with Crippen molar-refractivity contribution in [3.05, 3.63) is 58.7 Å². The molecule has 1 aliphatic heterocycles. The number of rotatable bonds is 3. The third-order valence-corrected chi connectivity index (χ3v) is 4.37. The van der Waals surface area contributed by atoms with Gasteiger partial charge in [-0.15, -0.1) is 11.6 Å². The second-order valence-corrected chi connectivity index (χ2v) is 5.90. The van der Waals surface area contributed by atoms with Gasteiger partial charge in [-0.3, -0.25) is 10.1 Å². The van der Waals surface area contributed by atoms with Crippen LogP contribution in [0.25, 0.3) is 0 Å². The molecular weight excluding hydrogens is 326 g/mol. The zero-order valence-electron chi connectivity index (χ0n) is 13.1. The lowest BCUT2D eigenvalue weighted by Gasteiger charge is -2.23. The third-order valence-electron chi connectivity index (χ3n) is 3.98. The minimum absolute atomic E-state index is 0.253. The van der Waals surface area contributed by atoms with Gasteiger partial charge in [0, 0.05) is 17.8 Å². The van der Waals surface area contributed by atoms with Gasteiger partial charge in [0.05, 0.1) is 12.7 Å². The largest absolute Gasteiger partial charge is 0.495 e. The number of ether oxygens (including phenoxy) is 1. The number of nitrogens with zero attached hydrogens (tertiary/aromatic N) is 1. The molecule has 0 bridgehead atoms. The van der Waals surface area contributed by atoms with E-state index >= 15 is 0 Å². The average Bonchev–Trinajstić information content (AvgIpc) is 2.61. The summed E-state index contributed by atoms with van der Waals surface area (Å²) in [5.74, 6) is 0.155. The number of fused-ring (bicyclic) bond motifs is 1. The van der Waals surface area contributed by atoms with Gasteiger partial charge in [0.1, 0.15) is 17.3 Å². The number of carbonyl (C=O) groups is 1. The smallest absolute Gasteiger partial charge is 0.255 e. The number of hydrogen-bond donors (Lipinski definition) is 2. The fourth-order valence-electron chi connectivity index (χ4n) is 2.72. The lowest BCUT2D eigenvalue weighted by Crippen LogP contribution is -2.26. The van der Waals surface area contributed by atoms with Crippen molar-refractivity contribution in [2.24, 2.45) is 0 Å². The number of nitriles is 1. The molecule has 0 aliphatic carbocycles. The highest BCUT2D eigenvalue weighted by molar-refractivity contribution is 6.20. The summed E-state index contributed by atoms with van der Waals surface area (Å²) in [4.78, 5) is 12.4. The molecule has 2 aromatic rings. The Morgan fingerprint density at radius 2 is 2.21 bits per heavy atom. The molecule has 2 aromatic carbocycles. The van der Waals surface area contributed by atoms with Crippen molar-refractivity contribution in [3.63, 3.8) is 0 Å².